The molecular weight excluding hydrogens is 300 g/mol. The molecule has 128 valence electrons. The summed E-state index contributed by atoms with van der Waals surface area (Å²) in [6.07, 6.45) is 0. The quantitative estimate of drug-likeness (QED) is 0.760. The van der Waals surface area contributed by atoms with Gasteiger partial charge in [0.15, 0.2) is 5.78 Å². The zero-order valence-electron chi connectivity index (χ0n) is 15.3. The molecule has 4 heteroatoms. The minimum Gasteiger partial charge on any atom is -0.375 e. The summed E-state index contributed by atoms with van der Waals surface area (Å²) in [5, 5.41) is 3.24. The maximum atomic E-state index is 12.7. The van der Waals surface area contributed by atoms with Crippen LogP contribution in [0.25, 0.3) is 0 Å². The third kappa shape index (κ3) is 3.58. The molecule has 0 aliphatic heterocycles. The number of carbonyl (C=O) groups is 2. The standard InChI is InChI=1S/C20H26N2O2/c1-11(2)16-7-9-17(10-8-16)21-14(5)20(24)19-12(3)18(15(6)23)13(4)22-19/h7-11,14,21-22H,1-6H3. The predicted octanol–water partition coefficient (Wildman–Crippen LogP) is 4.64. The number of aromatic nitrogens is 1. The Morgan fingerprint density at radius 1 is 1.04 bits per heavy atom. The summed E-state index contributed by atoms with van der Waals surface area (Å²) in [5.74, 6) is 0.411. The van der Waals surface area contributed by atoms with Gasteiger partial charge in [0.1, 0.15) is 0 Å². The van der Waals surface area contributed by atoms with Crippen molar-refractivity contribution in [3.8, 4) is 0 Å². The van der Waals surface area contributed by atoms with Crippen LogP contribution in [0.1, 0.15) is 71.3 Å². The summed E-state index contributed by atoms with van der Waals surface area (Å²) in [6, 6.07) is 7.75. The Balaban J connectivity index is 2.18. The number of nitrogens with one attached hydrogen (secondary N) is 2. The first kappa shape index (κ1) is 18.0. The van der Waals surface area contributed by atoms with Gasteiger partial charge in [-0.1, -0.05) is 26.0 Å². The molecule has 0 fully saturated rings. The molecule has 0 bridgehead atoms. The fraction of sp³-hybridized carbons (Fsp3) is 0.400. The van der Waals surface area contributed by atoms with Crippen molar-refractivity contribution < 1.29 is 9.59 Å². The Morgan fingerprint density at radius 2 is 1.62 bits per heavy atom. The van der Waals surface area contributed by atoms with Gasteiger partial charge in [-0.25, -0.2) is 0 Å². The highest BCUT2D eigenvalue weighted by Crippen LogP contribution is 2.22. The zero-order valence-corrected chi connectivity index (χ0v) is 15.3. The summed E-state index contributed by atoms with van der Waals surface area (Å²) in [6.45, 7) is 11.3. The van der Waals surface area contributed by atoms with Gasteiger partial charge in [0, 0.05) is 16.9 Å². The fourth-order valence-corrected chi connectivity index (χ4v) is 3.02. The highest BCUT2D eigenvalue weighted by molar-refractivity contribution is 6.05. The van der Waals surface area contributed by atoms with Gasteiger partial charge in [0.25, 0.3) is 0 Å². The Bertz CT molecular complexity index is 755. The van der Waals surface area contributed by atoms with Crippen LogP contribution in [0.5, 0.6) is 0 Å². The van der Waals surface area contributed by atoms with Crippen LogP contribution in [0.4, 0.5) is 5.69 Å². The van der Waals surface area contributed by atoms with E-state index in [-0.39, 0.29) is 17.6 Å². The number of ketones is 2. The molecule has 1 unspecified atom stereocenters. The molecule has 2 aromatic rings. The number of aryl methyl sites for hydroxylation is 1. The van der Waals surface area contributed by atoms with E-state index in [2.05, 4.69) is 36.3 Å². The Labute approximate surface area is 143 Å². The summed E-state index contributed by atoms with van der Waals surface area (Å²) in [7, 11) is 0. The lowest BCUT2D eigenvalue weighted by Gasteiger charge is -2.15. The van der Waals surface area contributed by atoms with E-state index in [4.69, 9.17) is 0 Å². The molecule has 1 aromatic carbocycles. The first-order chi connectivity index (χ1) is 11.2. The Kier molecular flexibility index (Phi) is 5.27. The van der Waals surface area contributed by atoms with Gasteiger partial charge < -0.3 is 10.3 Å². The molecule has 1 aromatic heterocycles. The number of hydrogen-bond donors (Lipinski definition) is 2. The van der Waals surface area contributed by atoms with E-state index in [1.54, 1.807) is 0 Å². The third-order valence-electron chi connectivity index (χ3n) is 4.39. The molecular formula is C20H26N2O2. The molecule has 0 saturated carbocycles. The second-order valence-corrected chi connectivity index (χ2v) is 6.69. The van der Waals surface area contributed by atoms with Crippen LogP contribution in [0.2, 0.25) is 0 Å². The predicted molar refractivity (Wildman–Crippen MR) is 98.2 cm³/mol. The molecule has 24 heavy (non-hydrogen) atoms. The first-order valence-electron chi connectivity index (χ1n) is 8.33. The van der Waals surface area contributed by atoms with E-state index >= 15 is 0 Å². The van der Waals surface area contributed by atoms with Crippen molar-refractivity contribution in [2.24, 2.45) is 0 Å². The van der Waals surface area contributed by atoms with Gasteiger partial charge >= 0.3 is 0 Å². The van der Waals surface area contributed by atoms with Crippen molar-refractivity contribution in [2.75, 3.05) is 5.32 Å². The van der Waals surface area contributed by atoms with Gasteiger partial charge in [-0.05, 0) is 56.9 Å². The molecule has 1 atom stereocenters. The van der Waals surface area contributed by atoms with Crippen LogP contribution >= 0.6 is 0 Å². The zero-order chi connectivity index (χ0) is 18.0. The van der Waals surface area contributed by atoms with Crippen LogP contribution in [0, 0.1) is 13.8 Å². The number of benzene rings is 1. The molecule has 0 saturated heterocycles. The fourth-order valence-electron chi connectivity index (χ4n) is 3.02. The summed E-state index contributed by atoms with van der Waals surface area (Å²) in [4.78, 5) is 27.5. The number of carbonyl (C=O) groups excluding carboxylic acids is 2. The highest BCUT2D eigenvalue weighted by atomic mass is 16.1. The second kappa shape index (κ2) is 7.04. The number of H-pyrrole nitrogens is 1. The van der Waals surface area contributed by atoms with Crippen LogP contribution in [0.15, 0.2) is 24.3 Å². The first-order valence-corrected chi connectivity index (χ1v) is 8.33. The molecule has 0 aliphatic carbocycles. The molecule has 4 nitrogen and oxygen atoms in total. The maximum absolute atomic E-state index is 12.7. The molecule has 0 amide bonds. The Hall–Kier alpha value is -2.36. The van der Waals surface area contributed by atoms with E-state index < -0.39 is 0 Å². The van der Waals surface area contributed by atoms with E-state index in [0.29, 0.717) is 17.2 Å². The normalized spacial score (nSPS) is 12.3. The van der Waals surface area contributed by atoms with E-state index in [1.165, 1.54) is 12.5 Å². The minimum atomic E-state index is -0.383. The number of Topliss-reactive ketones (excluding diaryl/α,β-unsaturated/α-hetero) is 2. The third-order valence-corrected chi connectivity index (χ3v) is 4.39. The smallest absolute Gasteiger partial charge is 0.201 e. The number of aromatic amines is 1. The SMILES string of the molecule is CC(=O)c1c(C)[nH]c(C(=O)C(C)Nc2ccc(C(C)C)cc2)c1C. The largest absolute Gasteiger partial charge is 0.375 e. The summed E-state index contributed by atoms with van der Waals surface area (Å²) in [5.41, 5.74) is 4.78. The van der Waals surface area contributed by atoms with Gasteiger partial charge in [0.05, 0.1) is 11.7 Å². The molecule has 2 N–H and O–H groups in total. The lowest BCUT2D eigenvalue weighted by atomic mass is 10.0. The molecule has 0 aliphatic rings. The monoisotopic (exact) mass is 326 g/mol. The molecule has 1 heterocycles. The van der Waals surface area contributed by atoms with Gasteiger partial charge in [-0.15, -0.1) is 0 Å². The van der Waals surface area contributed by atoms with Crippen LogP contribution in [-0.4, -0.2) is 22.6 Å². The van der Waals surface area contributed by atoms with Crippen molar-refractivity contribution in [3.63, 3.8) is 0 Å². The minimum absolute atomic E-state index is 0.0230. The summed E-state index contributed by atoms with van der Waals surface area (Å²) >= 11 is 0. The molecule has 0 radical (unpaired) electrons. The number of anilines is 1. The van der Waals surface area contributed by atoms with Crippen molar-refractivity contribution in [1.29, 1.82) is 0 Å². The second-order valence-electron chi connectivity index (χ2n) is 6.69. The van der Waals surface area contributed by atoms with E-state index in [1.807, 2.05) is 32.9 Å². The topological polar surface area (TPSA) is 62.0 Å². The van der Waals surface area contributed by atoms with Crippen molar-refractivity contribution in [1.82, 2.24) is 4.98 Å². The van der Waals surface area contributed by atoms with E-state index in [9.17, 15) is 9.59 Å². The molecule has 2 rings (SSSR count). The number of rotatable bonds is 6. The lowest BCUT2D eigenvalue weighted by molar-refractivity contribution is 0.0970. The van der Waals surface area contributed by atoms with Crippen LogP contribution in [-0.2, 0) is 0 Å². The average Bonchev–Trinajstić information content (AvgIpc) is 2.81. The molecule has 0 spiro atoms. The van der Waals surface area contributed by atoms with Crippen LogP contribution < -0.4 is 5.32 Å². The lowest BCUT2D eigenvalue weighted by Crippen LogP contribution is -2.27. The van der Waals surface area contributed by atoms with Gasteiger partial charge in [-0.2, -0.15) is 0 Å². The number of hydrogen-bond acceptors (Lipinski definition) is 3. The Morgan fingerprint density at radius 3 is 2.08 bits per heavy atom. The van der Waals surface area contributed by atoms with E-state index in [0.717, 1.165) is 16.9 Å². The van der Waals surface area contributed by atoms with Gasteiger partial charge in [-0.3, -0.25) is 9.59 Å². The van der Waals surface area contributed by atoms with Crippen molar-refractivity contribution in [3.05, 3.63) is 52.3 Å². The van der Waals surface area contributed by atoms with Gasteiger partial charge in [0.2, 0.25) is 5.78 Å². The van der Waals surface area contributed by atoms with Crippen molar-refractivity contribution in [2.45, 2.75) is 53.5 Å². The van der Waals surface area contributed by atoms with Crippen molar-refractivity contribution >= 4 is 17.3 Å². The highest BCUT2D eigenvalue weighted by Gasteiger charge is 2.23. The van der Waals surface area contributed by atoms with Crippen LogP contribution in [0.3, 0.4) is 0 Å². The maximum Gasteiger partial charge on any atom is 0.201 e. The average molecular weight is 326 g/mol. The summed E-state index contributed by atoms with van der Waals surface area (Å²) < 4.78 is 0.